The van der Waals surface area contributed by atoms with Crippen molar-refractivity contribution in [2.24, 2.45) is 7.05 Å². The molecule has 0 aliphatic rings. The summed E-state index contributed by atoms with van der Waals surface area (Å²) in [6.45, 7) is 0. The maximum atomic E-state index is 5.78. The Morgan fingerprint density at radius 3 is 3.00 bits per heavy atom. The standard InChI is InChI=1S/C8H6ClIN2/c1-12-4-5(10)8-6(12)2-3-7(9)11-8/h2-4H,1H3. The molecule has 0 saturated heterocycles. The molecule has 2 aromatic rings. The first kappa shape index (κ1) is 8.31. The minimum atomic E-state index is 0.548. The van der Waals surface area contributed by atoms with Crippen molar-refractivity contribution in [2.75, 3.05) is 0 Å². The zero-order chi connectivity index (χ0) is 8.72. The number of halogens is 2. The average Bonchev–Trinajstić information content (AvgIpc) is 2.28. The van der Waals surface area contributed by atoms with Gasteiger partial charge in [-0.3, -0.25) is 0 Å². The molecule has 2 rings (SSSR count). The Bertz CT molecular complexity index is 436. The van der Waals surface area contributed by atoms with Crippen LogP contribution in [-0.4, -0.2) is 9.55 Å². The number of aromatic nitrogens is 2. The predicted octanol–water partition coefficient (Wildman–Crippen LogP) is 2.83. The highest BCUT2D eigenvalue weighted by Crippen LogP contribution is 2.21. The fourth-order valence-corrected chi connectivity index (χ4v) is 2.15. The number of aryl methyl sites for hydroxylation is 1. The van der Waals surface area contributed by atoms with Crippen LogP contribution in [0.15, 0.2) is 18.3 Å². The summed E-state index contributed by atoms with van der Waals surface area (Å²) in [6, 6.07) is 3.78. The van der Waals surface area contributed by atoms with Crippen LogP contribution in [-0.2, 0) is 7.05 Å². The van der Waals surface area contributed by atoms with E-state index in [1.165, 1.54) is 0 Å². The van der Waals surface area contributed by atoms with Gasteiger partial charge in [0.2, 0.25) is 0 Å². The first-order chi connectivity index (χ1) is 5.68. The molecule has 0 saturated carbocycles. The highest BCUT2D eigenvalue weighted by Gasteiger charge is 2.04. The summed E-state index contributed by atoms with van der Waals surface area (Å²) in [5.74, 6) is 0. The quantitative estimate of drug-likeness (QED) is 0.539. The van der Waals surface area contributed by atoms with Gasteiger partial charge in [0.15, 0.2) is 0 Å². The van der Waals surface area contributed by atoms with Gasteiger partial charge < -0.3 is 4.57 Å². The van der Waals surface area contributed by atoms with Crippen LogP contribution >= 0.6 is 34.2 Å². The summed E-state index contributed by atoms with van der Waals surface area (Å²) in [4.78, 5) is 4.23. The molecule has 0 spiro atoms. The first-order valence-corrected chi connectivity index (χ1v) is 4.91. The fraction of sp³-hybridized carbons (Fsp3) is 0.125. The molecule has 12 heavy (non-hydrogen) atoms. The van der Waals surface area contributed by atoms with E-state index in [0.29, 0.717) is 5.15 Å². The normalized spacial score (nSPS) is 10.9. The molecule has 2 aromatic heterocycles. The van der Waals surface area contributed by atoms with E-state index in [1.54, 1.807) is 6.07 Å². The average molecular weight is 293 g/mol. The Morgan fingerprint density at radius 1 is 1.50 bits per heavy atom. The van der Waals surface area contributed by atoms with E-state index in [4.69, 9.17) is 11.6 Å². The largest absolute Gasteiger partial charge is 0.348 e. The molecule has 0 radical (unpaired) electrons. The molecule has 0 bridgehead atoms. The molecule has 0 aliphatic carbocycles. The van der Waals surface area contributed by atoms with Crippen molar-refractivity contribution in [2.45, 2.75) is 0 Å². The second kappa shape index (κ2) is 2.88. The second-order valence-corrected chi connectivity index (χ2v) is 4.14. The maximum Gasteiger partial charge on any atom is 0.129 e. The van der Waals surface area contributed by atoms with Crippen LogP contribution in [0, 0.1) is 3.57 Å². The summed E-state index contributed by atoms with van der Waals surface area (Å²) >= 11 is 8.03. The molecular weight excluding hydrogens is 286 g/mol. The Hall–Kier alpha value is -0.290. The molecule has 2 heterocycles. The monoisotopic (exact) mass is 292 g/mol. The van der Waals surface area contributed by atoms with E-state index in [9.17, 15) is 0 Å². The molecule has 0 aliphatic heterocycles. The van der Waals surface area contributed by atoms with Crippen LogP contribution in [0.5, 0.6) is 0 Å². The lowest BCUT2D eigenvalue weighted by Crippen LogP contribution is -1.83. The molecule has 0 N–H and O–H groups in total. The van der Waals surface area contributed by atoms with Crippen LogP contribution in [0.2, 0.25) is 5.15 Å². The van der Waals surface area contributed by atoms with Crippen molar-refractivity contribution in [1.82, 2.24) is 9.55 Å². The molecule has 0 unspecified atom stereocenters. The highest BCUT2D eigenvalue weighted by molar-refractivity contribution is 14.1. The Morgan fingerprint density at radius 2 is 2.25 bits per heavy atom. The second-order valence-electron chi connectivity index (χ2n) is 2.59. The van der Waals surface area contributed by atoms with E-state index < -0.39 is 0 Å². The molecule has 4 heteroatoms. The zero-order valence-corrected chi connectivity index (χ0v) is 9.30. The van der Waals surface area contributed by atoms with Crippen LogP contribution in [0.1, 0.15) is 0 Å². The van der Waals surface area contributed by atoms with Crippen LogP contribution in [0.25, 0.3) is 11.0 Å². The minimum absolute atomic E-state index is 0.548. The third-order valence-corrected chi connectivity index (χ3v) is 2.75. The van der Waals surface area contributed by atoms with E-state index in [2.05, 4.69) is 27.6 Å². The van der Waals surface area contributed by atoms with Gasteiger partial charge in [0, 0.05) is 13.2 Å². The minimum Gasteiger partial charge on any atom is -0.348 e. The van der Waals surface area contributed by atoms with Gasteiger partial charge >= 0.3 is 0 Å². The summed E-state index contributed by atoms with van der Waals surface area (Å²) < 4.78 is 3.17. The summed E-state index contributed by atoms with van der Waals surface area (Å²) in [7, 11) is 2.00. The van der Waals surface area contributed by atoms with E-state index >= 15 is 0 Å². The highest BCUT2D eigenvalue weighted by atomic mass is 127. The van der Waals surface area contributed by atoms with Gasteiger partial charge in [0.1, 0.15) is 10.7 Å². The smallest absolute Gasteiger partial charge is 0.129 e. The molecular formula is C8H6ClIN2. The van der Waals surface area contributed by atoms with Gasteiger partial charge in [-0.1, -0.05) is 11.6 Å². The van der Waals surface area contributed by atoms with E-state index in [1.807, 2.05) is 23.9 Å². The molecule has 62 valence electrons. The summed E-state index contributed by atoms with van der Waals surface area (Å²) in [5.41, 5.74) is 2.09. The van der Waals surface area contributed by atoms with Gasteiger partial charge in [-0.05, 0) is 34.7 Å². The number of rotatable bonds is 0. The fourth-order valence-electron chi connectivity index (χ4n) is 1.19. The third-order valence-electron chi connectivity index (χ3n) is 1.75. The van der Waals surface area contributed by atoms with Crippen molar-refractivity contribution >= 4 is 45.2 Å². The van der Waals surface area contributed by atoms with Gasteiger partial charge in [-0.25, -0.2) is 4.98 Å². The van der Waals surface area contributed by atoms with Gasteiger partial charge in [-0.15, -0.1) is 0 Å². The summed E-state index contributed by atoms with van der Waals surface area (Å²) in [5, 5.41) is 0.548. The van der Waals surface area contributed by atoms with Gasteiger partial charge in [-0.2, -0.15) is 0 Å². The van der Waals surface area contributed by atoms with E-state index in [-0.39, 0.29) is 0 Å². The zero-order valence-electron chi connectivity index (χ0n) is 6.38. The number of fused-ring (bicyclic) bond motifs is 1. The Balaban J connectivity index is 2.90. The van der Waals surface area contributed by atoms with Crippen molar-refractivity contribution in [3.05, 3.63) is 27.1 Å². The lowest BCUT2D eigenvalue weighted by molar-refractivity contribution is 0.965. The number of hydrogen-bond donors (Lipinski definition) is 0. The van der Waals surface area contributed by atoms with Crippen LogP contribution < -0.4 is 0 Å². The predicted molar refractivity (Wildman–Crippen MR) is 58.4 cm³/mol. The SMILES string of the molecule is Cn1cc(I)c2nc(Cl)ccc21. The lowest BCUT2D eigenvalue weighted by atomic mass is 10.4. The van der Waals surface area contributed by atoms with Gasteiger partial charge in [0.05, 0.1) is 9.09 Å². The van der Waals surface area contributed by atoms with Crippen LogP contribution in [0.3, 0.4) is 0 Å². The summed E-state index contributed by atoms with van der Waals surface area (Å²) in [6.07, 6.45) is 2.04. The topological polar surface area (TPSA) is 17.8 Å². The lowest BCUT2D eigenvalue weighted by Gasteiger charge is -1.94. The van der Waals surface area contributed by atoms with Gasteiger partial charge in [0.25, 0.3) is 0 Å². The third kappa shape index (κ3) is 1.21. The molecule has 0 amide bonds. The molecule has 0 atom stereocenters. The molecule has 0 fully saturated rings. The first-order valence-electron chi connectivity index (χ1n) is 3.45. The number of hydrogen-bond acceptors (Lipinski definition) is 1. The number of nitrogens with zero attached hydrogens (tertiary/aromatic N) is 2. The molecule has 2 nitrogen and oxygen atoms in total. The molecule has 0 aromatic carbocycles. The van der Waals surface area contributed by atoms with Crippen molar-refractivity contribution in [3.63, 3.8) is 0 Å². The Kier molecular flexibility index (Phi) is 2.00. The van der Waals surface area contributed by atoms with Crippen molar-refractivity contribution in [1.29, 1.82) is 0 Å². The van der Waals surface area contributed by atoms with Crippen molar-refractivity contribution < 1.29 is 0 Å². The number of pyridine rings is 1. The van der Waals surface area contributed by atoms with E-state index in [0.717, 1.165) is 14.6 Å². The maximum absolute atomic E-state index is 5.78. The Labute approximate surface area is 88.7 Å². The van der Waals surface area contributed by atoms with Crippen molar-refractivity contribution in [3.8, 4) is 0 Å². The van der Waals surface area contributed by atoms with Crippen LogP contribution in [0.4, 0.5) is 0 Å².